The van der Waals surface area contributed by atoms with Crippen LogP contribution in [0, 0.1) is 6.92 Å². The number of nitrogen functional groups attached to an aromatic ring is 1. The Balaban J connectivity index is 2.22. The van der Waals surface area contributed by atoms with Crippen molar-refractivity contribution in [2.75, 3.05) is 23.7 Å². The molecule has 0 bridgehead atoms. The number of hydrogen-bond donors (Lipinski definition) is 2. The molecule has 0 aromatic carbocycles. The van der Waals surface area contributed by atoms with E-state index in [2.05, 4.69) is 9.27 Å². The van der Waals surface area contributed by atoms with Crippen LogP contribution in [0.15, 0.2) is 0 Å². The number of aliphatic hydroxyl groups is 1. The maximum absolute atomic E-state index is 9.84. The van der Waals surface area contributed by atoms with Gasteiger partial charge in [-0.1, -0.05) is 0 Å². The normalized spacial score (nSPS) is 27.2. The van der Waals surface area contributed by atoms with Crippen molar-refractivity contribution in [3.8, 4) is 0 Å². The second-order valence-electron chi connectivity index (χ2n) is 4.17. The Morgan fingerprint density at radius 2 is 2.36 bits per heavy atom. The van der Waals surface area contributed by atoms with Gasteiger partial charge in [-0.3, -0.25) is 0 Å². The summed E-state index contributed by atoms with van der Waals surface area (Å²) in [5.74, 6) is 0.608. The minimum atomic E-state index is -0.564. The maximum atomic E-state index is 9.84. The molecule has 14 heavy (non-hydrogen) atoms. The monoisotopic (exact) mass is 213 g/mol. The molecule has 0 aliphatic carbocycles. The van der Waals surface area contributed by atoms with E-state index in [-0.39, 0.29) is 0 Å². The van der Waals surface area contributed by atoms with Gasteiger partial charge in [-0.15, -0.1) is 0 Å². The number of nitrogens with two attached hydrogens (primary N) is 1. The van der Waals surface area contributed by atoms with Crippen molar-refractivity contribution in [2.45, 2.75) is 25.9 Å². The third-order valence-electron chi connectivity index (χ3n) is 2.67. The van der Waals surface area contributed by atoms with Gasteiger partial charge < -0.3 is 15.7 Å². The van der Waals surface area contributed by atoms with Crippen molar-refractivity contribution in [2.24, 2.45) is 0 Å². The Hall–Kier alpha value is -0.810. The molecule has 1 aromatic heterocycles. The molecule has 1 unspecified atom stereocenters. The summed E-state index contributed by atoms with van der Waals surface area (Å²) in [4.78, 5) is 2.16. The number of β-amino-alcohol motifs (C(OH)–C–C–N with tert-alkyl or cyclic N) is 1. The molecule has 78 valence electrons. The minimum Gasteiger partial charge on any atom is -0.388 e. The SMILES string of the molecule is Cc1c(N)nsc1N1CCC(C)(O)C1. The van der Waals surface area contributed by atoms with Crippen molar-refractivity contribution in [1.29, 1.82) is 0 Å². The third-order valence-corrected chi connectivity index (χ3v) is 3.70. The summed E-state index contributed by atoms with van der Waals surface area (Å²) in [5.41, 5.74) is 6.16. The zero-order valence-corrected chi connectivity index (χ0v) is 9.27. The van der Waals surface area contributed by atoms with E-state index in [0.717, 1.165) is 23.5 Å². The quantitative estimate of drug-likeness (QED) is 0.730. The van der Waals surface area contributed by atoms with Crippen molar-refractivity contribution in [3.63, 3.8) is 0 Å². The molecule has 2 rings (SSSR count). The van der Waals surface area contributed by atoms with Gasteiger partial charge in [-0.05, 0) is 31.8 Å². The lowest BCUT2D eigenvalue weighted by atomic mass is 10.1. The predicted octanol–water partition coefficient (Wildman–Crippen LogP) is 0.995. The van der Waals surface area contributed by atoms with Crippen LogP contribution in [0.3, 0.4) is 0 Å². The molecule has 1 aliphatic heterocycles. The molecule has 1 fully saturated rings. The van der Waals surface area contributed by atoms with Gasteiger partial charge >= 0.3 is 0 Å². The van der Waals surface area contributed by atoms with Crippen LogP contribution in [0.4, 0.5) is 10.8 Å². The molecule has 1 atom stereocenters. The van der Waals surface area contributed by atoms with E-state index >= 15 is 0 Å². The summed E-state index contributed by atoms with van der Waals surface area (Å²) < 4.78 is 4.10. The number of anilines is 2. The first-order valence-electron chi connectivity index (χ1n) is 4.69. The zero-order valence-electron chi connectivity index (χ0n) is 8.45. The molecule has 2 heterocycles. The highest BCUT2D eigenvalue weighted by Crippen LogP contribution is 2.34. The van der Waals surface area contributed by atoms with Crippen LogP contribution in [0.25, 0.3) is 0 Å². The van der Waals surface area contributed by atoms with Crippen LogP contribution in [0.2, 0.25) is 0 Å². The van der Waals surface area contributed by atoms with Crippen molar-refractivity contribution in [1.82, 2.24) is 4.37 Å². The molecular formula is C9H15N3OS. The molecule has 0 amide bonds. The molecule has 4 nitrogen and oxygen atoms in total. The average Bonchev–Trinajstić information content (AvgIpc) is 2.59. The first-order chi connectivity index (χ1) is 6.49. The smallest absolute Gasteiger partial charge is 0.142 e. The molecule has 0 spiro atoms. The van der Waals surface area contributed by atoms with Crippen LogP contribution in [-0.4, -0.2) is 28.2 Å². The van der Waals surface area contributed by atoms with E-state index in [1.807, 2.05) is 13.8 Å². The molecule has 3 N–H and O–H groups in total. The molecule has 5 heteroatoms. The molecular weight excluding hydrogens is 198 g/mol. The number of hydrogen-bond acceptors (Lipinski definition) is 5. The topological polar surface area (TPSA) is 62.4 Å². The summed E-state index contributed by atoms with van der Waals surface area (Å²) in [5, 5.41) is 10.9. The van der Waals surface area contributed by atoms with E-state index in [4.69, 9.17) is 5.73 Å². The van der Waals surface area contributed by atoms with Gasteiger partial charge in [0.15, 0.2) is 0 Å². The average molecular weight is 213 g/mol. The second kappa shape index (κ2) is 3.10. The lowest BCUT2D eigenvalue weighted by molar-refractivity contribution is 0.0840. The van der Waals surface area contributed by atoms with E-state index in [9.17, 15) is 5.11 Å². The largest absolute Gasteiger partial charge is 0.388 e. The highest BCUT2D eigenvalue weighted by molar-refractivity contribution is 7.10. The Bertz CT molecular complexity index is 348. The lowest BCUT2D eigenvalue weighted by Gasteiger charge is -2.19. The Morgan fingerprint density at radius 1 is 1.64 bits per heavy atom. The molecule has 1 aliphatic rings. The fourth-order valence-electron chi connectivity index (χ4n) is 1.75. The Kier molecular flexibility index (Phi) is 2.16. The third kappa shape index (κ3) is 1.57. The van der Waals surface area contributed by atoms with E-state index in [1.54, 1.807) is 0 Å². The van der Waals surface area contributed by atoms with Crippen LogP contribution >= 0.6 is 11.5 Å². The molecule has 1 aromatic rings. The Morgan fingerprint density at radius 3 is 2.79 bits per heavy atom. The van der Waals surface area contributed by atoms with Crippen molar-refractivity contribution in [3.05, 3.63) is 5.56 Å². The van der Waals surface area contributed by atoms with Gasteiger partial charge in [0.1, 0.15) is 10.8 Å². The van der Waals surface area contributed by atoms with E-state index < -0.39 is 5.60 Å². The number of rotatable bonds is 1. The van der Waals surface area contributed by atoms with Gasteiger partial charge in [0.2, 0.25) is 0 Å². The second-order valence-corrected chi connectivity index (χ2v) is 4.92. The standard InChI is InChI=1S/C9H15N3OS/c1-6-7(10)11-14-8(6)12-4-3-9(2,13)5-12/h13H,3-5H2,1-2H3,(H2,10,11). The Labute approximate surface area is 87.5 Å². The summed E-state index contributed by atoms with van der Waals surface area (Å²) in [6.45, 7) is 5.40. The summed E-state index contributed by atoms with van der Waals surface area (Å²) in [6.07, 6.45) is 0.810. The zero-order chi connectivity index (χ0) is 10.3. The predicted molar refractivity (Wildman–Crippen MR) is 58.7 cm³/mol. The fourth-order valence-corrected chi connectivity index (χ4v) is 2.59. The first kappa shape index (κ1) is 9.73. The van der Waals surface area contributed by atoms with E-state index in [1.165, 1.54) is 11.5 Å². The van der Waals surface area contributed by atoms with Crippen LogP contribution in [0.5, 0.6) is 0 Å². The molecule has 1 saturated heterocycles. The van der Waals surface area contributed by atoms with Gasteiger partial charge in [-0.2, -0.15) is 4.37 Å². The number of aromatic nitrogens is 1. The van der Waals surface area contributed by atoms with Crippen LogP contribution in [0.1, 0.15) is 18.9 Å². The first-order valence-corrected chi connectivity index (χ1v) is 5.46. The fraction of sp³-hybridized carbons (Fsp3) is 0.667. The minimum absolute atomic E-state index is 0.564. The molecule has 0 radical (unpaired) electrons. The lowest BCUT2D eigenvalue weighted by Crippen LogP contribution is -2.29. The van der Waals surface area contributed by atoms with Gasteiger partial charge in [0, 0.05) is 18.7 Å². The van der Waals surface area contributed by atoms with Gasteiger partial charge in [-0.25, -0.2) is 0 Å². The van der Waals surface area contributed by atoms with E-state index in [0.29, 0.717) is 12.4 Å². The van der Waals surface area contributed by atoms with Gasteiger partial charge in [0.25, 0.3) is 0 Å². The summed E-state index contributed by atoms with van der Waals surface area (Å²) >= 11 is 1.41. The van der Waals surface area contributed by atoms with Crippen molar-refractivity contribution >= 4 is 22.4 Å². The number of nitrogens with zero attached hydrogens (tertiary/aromatic N) is 2. The summed E-state index contributed by atoms with van der Waals surface area (Å²) in [7, 11) is 0. The van der Waals surface area contributed by atoms with Gasteiger partial charge in [0.05, 0.1) is 5.60 Å². The summed E-state index contributed by atoms with van der Waals surface area (Å²) in [6, 6.07) is 0. The van der Waals surface area contributed by atoms with Crippen LogP contribution in [-0.2, 0) is 0 Å². The van der Waals surface area contributed by atoms with Crippen molar-refractivity contribution < 1.29 is 5.11 Å². The molecule has 0 saturated carbocycles. The highest BCUT2D eigenvalue weighted by Gasteiger charge is 2.33. The van der Waals surface area contributed by atoms with Crippen LogP contribution < -0.4 is 10.6 Å². The highest BCUT2D eigenvalue weighted by atomic mass is 32.1. The maximum Gasteiger partial charge on any atom is 0.142 e.